The normalized spacial score (nSPS) is 12.9. The van der Waals surface area contributed by atoms with Crippen molar-refractivity contribution in [3.05, 3.63) is 23.0 Å². The zero-order chi connectivity index (χ0) is 13.5. The van der Waals surface area contributed by atoms with Gasteiger partial charge in [-0.1, -0.05) is 6.92 Å². The van der Waals surface area contributed by atoms with E-state index in [0.717, 1.165) is 32.5 Å². The number of nitrogens with one attached hydrogen (secondary N) is 1. The van der Waals surface area contributed by atoms with E-state index in [9.17, 15) is 0 Å². The van der Waals surface area contributed by atoms with Crippen LogP contribution in [0.5, 0.6) is 0 Å². The van der Waals surface area contributed by atoms with Gasteiger partial charge in [0.15, 0.2) is 0 Å². The molecule has 0 aliphatic carbocycles. The van der Waals surface area contributed by atoms with E-state index in [4.69, 9.17) is 5.11 Å². The molecule has 0 aromatic carbocycles. The highest BCUT2D eigenvalue weighted by Crippen LogP contribution is 2.14. The van der Waals surface area contributed by atoms with Gasteiger partial charge in [-0.3, -0.25) is 0 Å². The Morgan fingerprint density at radius 1 is 1.39 bits per heavy atom. The Kier molecular flexibility index (Phi) is 6.44. The molecule has 0 amide bonds. The molecule has 0 bridgehead atoms. The Morgan fingerprint density at radius 3 is 2.67 bits per heavy atom. The van der Waals surface area contributed by atoms with Gasteiger partial charge in [0.25, 0.3) is 0 Å². The second kappa shape index (κ2) is 7.59. The lowest BCUT2D eigenvalue weighted by Gasteiger charge is -2.09. The van der Waals surface area contributed by atoms with Gasteiger partial charge in [0, 0.05) is 31.1 Å². The van der Waals surface area contributed by atoms with Crippen molar-refractivity contribution in [2.24, 2.45) is 5.92 Å². The first kappa shape index (κ1) is 15.3. The third kappa shape index (κ3) is 4.14. The van der Waals surface area contributed by atoms with Crippen molar-refractivity contribution < 1.29 is 5.11 Å². The fourth-order valence-electron chi connectivity index (χ4n) is 2.43. The first-order valence-corrected chi connectivity index (χ1v) is 7.07. The molecule has 1 unspecified atom stereocenters. The topological polar surface area (TPSA) is 37.2 Å². The second-order valence-electron chi connectivity index (χ2n) is 5.25. The van der Waals surface area contributed by atoms with Crippen molar-refractivity contribution in [3.8, 4) is 0 Å². The van der Waals surface area contributed by atoms with Crippen LogP contribution in [-0.4, -0.2) is 22.8 Å². The number of rotatable bonds is 8. The van der Waals surface area contributed by atoms with E-state index < -0.39 is 0 Å². The van der Waals surface area contributed by atoms with Crippen LogP contribution in [-0.2, 0) is 13.1 Å². The number of hydrogen-bond acceptors (Lipinski definition) is 2. The predicted octanol–water partition coefficient (Wildman–Crippen LogP) is 2.62. The molecule has 0 aliphatic rings. The molecule has 1 heterocycles. The summed E-state index contributed by atoms with van der Waals surface area (Å²) in [5.74, 6) is 0.428. The molecule has 0 saturated heterocycles. The first-order chi connectivity index (χ1) is 8.60. The smallest absolute Gasteiger partial charge is 0.0456 e. The second-order valence-corrected chi connectivity index (χ2v) is 5.25. The summed E-state index contributed by atoms with van der Waals surface area (Å²) in [7, 11) is 0. The van der Waals surface area contributed by atoms with E-state index in [2.05, 4.69) is 43.6 Å². The zero-order valence-electron chi connectivity index (χ0n) is 12.3. The van der Waals surface area contributed by atoms with Gasteiger partial charge in [0.05, 0.1) is 0 Å². The predicted molar refractivity (Wildman–Crippen MR) is 76.8 cm³/mol. The number of aliphatic hydroxyl groups excluding tert-OH is 1. The molecule has 0 saturated carbocycles. The van der Waals surface area contributed by atoms with Crippen LogP contribution in [0.4, 0.5) is 0 Å². The number of aryl methyl sites for hydroxylation is 1. The molecule has 1 rings (SSSR count). The molecule has 0 radical (unpaired) electrons. The van der Waals surface area contributed by atoms with E-state index in [1.54, 1.807) is 0 Å². The summed E-state index contributed by atoms with van der Waals surface area (Å²) in [6.07, 6.45) is 2.23. The maximum atomic E-state index is 8.94. The van der Waals surface area contributed by atoms with Crippen LogP contribution in [0.15, 0.2) is 6.07 Å². The highest BCUT2D eigenvalue weighted by atomic mass is 16.3. The van der Waals surface area contributed by atoms with Crippen LogP contribution in [0.25, 0.3) is 0 Å². The van der Waals surface area contributed by atoms with Crippen LogP contribution < -0.4 is 5.32 Å². The molecule has 1 aromatic heterocycles. The van der Waals surface area contributed by atoms with E-state index in [0.29, 0.717) is 12.5 Å². The molecule has 104 valence electrons. The van der Waals surface area contributed by atoms with Crippen molar-refractivity contribution in [2.75, 3.05) is 13.2 Å². The summed E-state index contributed by atoms with van der Waals surface area (Å²) in [5, 5.41) is 12.4. The summed E-state index contributed by atoms with van der Waals surface area (Å²) < 4.78 is 2.35. The average molecular weight is 252 g/mol. The highest BCUT2D eigenvalue weighted by Gasteiger charge is 2.07. The van der Waals surface area contributed by atoms with Crippen molar-refractivity contribution in [2.45, 2.75) is 53.6 Å². The summed E-state index contributed by atoms with van der Waals surface area (Å²) in [6, 6.07) is 2.28. The van der Waals surface area contributed by atoms with Crippen molar-refractivity contribution in [1.29, 1.82) is 0 Å². The number of aliphatic hydroxyl groups is 1. The zero-order valence-corrected chi connectivity index (χ0v) is 12.3. The molecule has 1 aromatic rings. The third-order valence-electron chi connectivity index (χ3n) is 3.67. The minimum Gasteiger partial charge on any atom is -0.396 e. The van der Waals surface area contributed by atoms with E-state index in [-0.39, 0.29) is 0 Å². The van der Waals surface area contributed by atoms with Crippen LogP contribution in [0.2, 0.25) is 0 Å². The van der Waals surface area contributed by atoms with Gasteiger partial charge in [-0.15, -0.1) is 0 Å². The van der Waals surface area contributed by atoms with Gasteiger partial charge < -0.3 is 15.0 Å². The van der Waals surface area contributed by atoms with Crippen molar-refractivity contribution in [3.63, 3.8) is 0 Å². The van der Waals surface area contributed by atoms with Gasteiger partial charge in [-0.05, 0) is 57.7 Å². The molecule has 0 spiro atoms. The monoisotopic (exact) mass is 252 g/mol. The van der Waals surface area contributed by atoms with Gasteiger partial charge in [0.1, 0.15) is 0 Å². The van der Waals surface area contributed by atoms with E-state index in [1.807, 2.05) is 0 Å². The molecule has 3 heteroatoms. The van der Waals surface area contributed by atoms with Gasteiger partial charge in [-0.25, -0.2) is 0 Å². The largest absolute Gasteiger partial charge is 0.396 e. The van der Waals surface area contributed by atoms with Gasteiger partial charge in [0.2, 0.25) is 0 Å². The number of hydrogen-bond donors (Lipinski definition) is 2. The molecule has 0 fully saturated rings. The number of aromatic nitrogens is 1. The molecule has 3 nitrogen and oxygen atoms in total. The molecular formula is C15H28N2O. The summed E-state index contributed by atoms with van der Waals surface area (Å²) >= 11 is 0. The number of nitrogens with zero attached hydrogens (tertiary/aromatic N) is 1. The standard InChI is InChI=1S/C15H28N2O/c1-5-17-13(3)9-15(14(17)4)10-16-8-6-7-12(2)11-18/h9,12,16,18H,5-8,10-11H2,1-4H3. The molecular weight excluding hydrogens is 224 g/mol. The lowest BCUT2D eigenvalue weighted by Crippen LogP contribution is -2.16. The highest BCUT2D eigenvalue weighted by molar-refractivity contribution is 5.26. The Balaban J connectivity index is 2.31. The third-order valence-corrected chi connectivity index (χ3v) is 3.67. The fourth-order valence-corrected chi connectivity index (χ4v) is 2.43. The summed E-state index contributed by atoms with van der Waals surface area (Å²) in [6.45, 7) is 12.0. The van der Waals surface area contributed by atoms with E-state index >= 15 is 0 Å². The Labute approximate surface area is 111 Å². The SMILES string of the molecule is CCn1c(C)cc(CNCCCC(C)CO)c1C. The maximum absolute atomic E-state index is 8.94. The average Bonchev–Trinajstić information content (AvgIpc) is 2.63. The molecule has 2 N–H and O–H groups in total. The lowest BCUT2D eigenvalue weighted by atomic mass is 10.1. The Bertz CT molecular complexity index is 358. The maximum Gasteiger partial charge on any atom is 0.0456 e. The van der Waals surface area contributed by atoms with Crippen LogP contribution in [0, 0.1) is 19.8 Å². The Morgan fingerprint density at radius 2 is 2.11 bits per heavy atom. The van der Waals surface area contributed by atoms with Gasteiger partial charge in [-0.2, -0.15) is 0 Å². The summed E-state index contributed by atoms with van der Waals surface area (Å²) in [5.41, 5.74) is 4.14. The lowest BCUT2D eigenvalue weighted by molar-refractivity contribution is 0.228. The summed E-state index contributed by atoms with van der Waals surface area (Å²) in [4.78, 5) is 0. The van der Waals surface area contributed by atoms with Crippen LogP contribution >= 0.6 is 0 Å². The molecule has 0 aliphatic heterocycles. The molecule has 1 atom stereocenters. The minimum atomic E-state index is 0.303. The fraction of sp³-hybridized carbons (Fsp3) is 0.733. The Hall–Kier alpha value is -0.800. The van der Waals surface area contributed by atoms with Crippen LogP contribution in [0.1, 0.15) is 43.6 Å². The first-order valence-electron chi connectivity index (χ1n) is 7.07. The van der Waals surface area contributed by atoms with Crippen molar-refractivity contribution >= 4 is 0 Å². The molecule has 18 heavy (non-hydrogen) atoms. The van der Waals surface area contributed by atoms with Gasteiger partial charge >= 0.3 is 0 Å². The van der Waals surface area contributed by atoms with Crippen molar-refractivity contribution in [1.82, 2.24) is 9.88 Å². The quantitative estimate of drug-likeness (QED) is 0.698. The minimum absolute atomic E-state index is 0.303. The van der Waals surface area contributed by atoms with E-state index in [1.165, 1.54) is 17.0 Å². The van der Waals surface area contributed by atoms with Crippen LogP contribution in [0.3, 0.4) is 0 Å².